The van der Waals surface area contributed by atoms with Gasteiger partial charge in [-0.2, -0.15) is 0 Å². The van der Waals surface area contributed by atoms with Crippen LogP contribution in [0.5, 0.6) is 0 Å². The van der Waals surface area contributed by atoms with E-state index in [0.29, 0.717) is 159 Å². The van der Waals surface area contributed by atoms with E-state index in [0.717, 1.165) is 13.0 Å². The lowest BCUT2D eigenvalue weighted by molar-refractivity contribution is -0.146. The molecule has 0 heterocycles. The number of rotatable bonds is 49. The molecule has 0 aromatic heterocycles. The van der Waals surface area contributed by atoms with E-state index >= 15 is 0 Å². The summed E-state index contributed by atoms with van der Waals surface area (Å²) in [7, 11) is 1.32. The van der Waals surface area contributed by atoms with Gasteiger partial charge in [0.1, 0.15) is 6.61 Å². The molecule has 0 saturated heterocycles. The maximum atomic E-state index is 10.9. The second kappa shape index (κ2) is 50.0. The van der Waals surface area contributed by atoms with Gasteiger partial charge in [-0.1, -0.05) is 64.7 Å². The third-order valence-electron chi connectivity index (χ3n) is 7.55. The van der Waals surface area contributed by atoms with Gasteiger partial charge in [0.2, 0.25) is 0 Å². The quantitative estimate of drug-likeness (QED) is 0.0638. The first-order valence-electron chi connectivity index (χ1n) is 20.4. The lowest BCUT2D eigenvalue weighted by atomic mass is 10.1. The first-order chi connectivity index (χ1) is 26.8. The van der Waals surface area contributed by atoms with Gasteiger partial charge in [-0.15, -0.1) is 0 Å². The van der Waals surface area contributed by atoms with E-state index < -0.39 is 5.97 Å². The normalized spacial score (nSPS) is 11.5. The van der Waals surface area contributed by atoms with Gasteiger partial charge in [0, 0.05) is 6.61 Å². The highest BCUT2D eigenvalue weighted by molar-refractivity contribution is 5.70. The van der Waals surface area contributed by atoms with Crippen molar-refractivity contribution in [1.82, 2.24) is 0 Å². The molecule has 0 unspecified atom stereocenters. The van der Waals surface area contributed by atoms with E-state index in [9.17, 15) is 4.79 Å². The molecule has 0 aliphatic carbocycles. The van der Waals surface area contributed by atoms with Gasteiger partial charge in [-0.25, -0.2) is 4.79 Å². The van der Waals surface area contributed by atoms with Crippen molar-refractivity contribution in [1.29, 1.82) is 0 Å². The first-order valence-corrected chi connectivity index (χ1v) is 20.4. The summed E-state index contributed by atoms with van der Waals surface area (Å²) in [4.78, 5) is 10.9. The van der Waals surface area contributed by atoms with Crippen molar-refractivity contribution in [3.8, 4) is 0 Å². The highest BCUT2D eigenvalue weighted by Crippen LogP contribution is 2.10. The Kier molecular flexibility index (Phi) is 49.0. The Morgan fingerprint density at radius 2 is 0.481 bits per heavy atom. The summed E-state index contributed by atoms with van der Waals surface area (Å²) < 4.78 is 75.4. The van der Waals surface area contributed by atoms with E-state index in [2.05, 4.69) is 11.7 Å². The van der Waals surface area contributed by atoms with Crippen LogP contribution in [0.4, 0.5) is 0 Å². The second-order valence-corrected chi connectivity index (χ2v) is 12.2. The SMILES string of the molecule is CCCCCCCCCCCCOCCOCCOCCOCCOCCOCCOCCOCCOCCOCCOCCOCCOCC(=O)OC. The average Bonchev–Trinajstić information content (AvgIpc) is 3.18. The molecule has 0 rings (SSSR count). The Balaban J connectivity index is 3.06. The Labute approximate surface area is 326 Å². The number of carbonyl (C=O) groups excluding carboxylic acids is 1. The zero-order valence-corrected chi connectivity index (χ0v) is 34.1. The molecule has 0 N–H and O–H groups in total. The summed E-state index contributed by atoms with van der Waals surface area (Å²) in [6.07, 6.45) is 13.4. The summed E-state index contributed by atoms with van der Waals surface area (Å²) >= 11 is 0. The van der Waals surface area contributed by atoms with E-state index in [1.165, 1.54) is 64.9 Å². The van der Waals surface area contributed by atoms with Gasteiger partial charge >= 0.3 is 5.97 Å². The lowest BCUT2D eigenvalue weighted by Gasteiger charge is -2.09. The van der Waals surface area contributed by atoms with Gasteiger partial charge in [0.05, 0.1) is 166 Å². The molecule has 0 radical (unpaired) electrons. The van der Waals surface area contributed by atoms with Crippen molar-refractivity contribution in [2.24, 2.45) is 0 Å². The molecule has 0 aliphatic heterocycles. The topological polar surface area (TPSA) is 146 Å². The molecule has 0 aromatic rings. The van der Waals surface area contributed by atoms with Gasteiger partial charge in [-0.05, 0) is 6.42 Å². The molecule has 0 saturated carbocycles. The Morgan fingerprint density at radius 1 is 0.278 bits per heavy atom. The van der Waals surface area contributed by atoms with Crippen LogP contribution >= 0.6 is 0 Å². The molecule has 15 heteroatoms. The number of hydrogen-bond donors (Lipinski definition) is 0. The van der Waals surface area contributed by atoms with Crippen LogP contribution in [-0.4, -0.2) is 185 Å². The third-order valence-corrected chi connectivity index (χ3v) is 7.55. The van der Waals surface area contributed by atoms with Crippen LogP contribution in [-0.2, 0) is 71.1 Å². The van der Waals surface area contributed by atoms with E-state index in [-0.39, 0.29) is 6.61 Å². The summed E-state index contributed by atoms with van der Waals surface area (Å²) in [6.45, 7) is 15.1. The van der Waals surface area contributed by atoms with Crippen LogP contribution < -0.4 is 0 Å². The third kappa shape index (κ3) is 49.0. The molecule has 0 spiro atoms. The Morgan fingerprint density at radius 3 is 0.722 bits per heavy atom. The fourth-order valence-electron chi connectivity index (χ4n) is 4.54. The number of esters is 1. The number of unbranched alkanes of at least 4 members (excludes halogenated alkanes) is 9. The molecule has 0 fully saturated rings. The number of hydrogen-bond acceptors (Lipinski definition) is 15. The molecule has 0 atom stereocenters. The second-order valence-electron chi connectivity index (χ2n) is 12.2. The molecular weight excluding hydrogens is 708 g/mol. The molecule has 0 aromatic carbocycles. The van der Waals surface area contributed by atoms with Crippen LogP contribution in [0.15, 0.2) is 0 Å². The van der Waals surface area contributed by atoms with Crippen molar-refractivity contribution >= 4 is 5.97 Å². The van der Waals surface area contributed by atoms with Gasteiger partial charge < -0.3 is 66.3 Å². The zero-order chi connectivity index (χ0) is 38.9. The summed E-state index contributed by atoms with van der Waals surface area (Å²) in [5.41, 5.74) is 0. The monoisotopic (exact) mass is 787 g/mol. The minimum absolute atomic E-state index is 0.0704. The van der Waals surface area contributed by atoms with Gasteiger partial charge in [0.15, 0.2) is 0 Å². The van der Waals surface area contributed by atoms with Crippen molar-refractivity contribution in [3.05, 3.63) is 0 Å². The van der Waals surface area contributed by atoms with Crippen molar-refractivity contribution < 1.29 is 71.1 Å². The maximum Gasteiger partial charge on any atom is 0.331 e. The van der Waals surface area contributed by atoms with Crippen LogP contribution in [0.25, 0.3) is 0 Å². The van der Waals surface area contributed by atoms with Crippen molar-refractivity contribution in [2.45, 2.75) is 71.1 Å². The van der Waals surface area contributed by atoms with Crippen LogP contribution in [0.1, 0.15) is 71.1 Å². The minimum atomic E-state index is -0.407. The largest absolute Gasteiger partial charge is 0.467 e. The maximum absolute atomic E-state index is 10.9. The summed E-state index contributed by atoms with van der Waals surface area (Å²) in [5, 5.41) is 0. The highest BCUT2D eigenvalue weighted by Gasteiger charge is 2.00. The van der Waals surface area contributed by atoms with Crippen LogP contribution in [0.3, 0.4) is 0 Å². The first kappa shape index (κ1) is 53.0. The summed E-state index contributed by atoms with van der Waals surface area (Å²) in [6, 6.07) is 0. The predicted octanol–water partition coefficient (Wildman–Crippen LogP) is 4.30. The fraction of sp³-hybridized carbons (Fsp3) is 0.974. The smallest absolute Gasteiger partial charge is 0.331 e. The average molecular weight is 787 g/mol. The molecule has 0 amide bonds. The van der Waals surface area contributed by atoms with Crippen molar-refractivity contribution in [2.75, 3.05) is 179 Å². The molecular formula is C39H78O15. The Bertz CT molecular complexity index is 692. The number of methoxy groups -OCH3 is 1. The van der Waals surface area contributed by atoms with Crippen molar-refractivity contribution in [3.63, 3.8) is 0 Å². The van der Waals surface area contributed by atoms with Gasteiger partial charge in [0.25, 0.3) is 0 Å². The van der Waals surface area contributed by atoms with Crippen LogP contribution in [0, 0.1) is 0 Å². The lowest BCUT2D eigenvalue weighted by Crippen LogP contribution is -2.16. The summed E-state index contributed by atoms with van der Waals surface area (Å²) in [5.74, 6) is -0.407. The number of carbonyl (C=O) groups is 1. The van der Waals surface area contributed by atoms with E-state index in [1.807, 2.05) is 0 Å². The Hall–Kier alpha value is -1.05. The van der Waals surface area contributed by atoms with Gasteiger partial charge in [-0.3, -0.25) is 0 Å². The highest BCUT2D eigenvalue weighted by atomic mass is 16.6. The van der Waals surface area contributed by atoms with E-state index in [1.54, 1.807) is 0 Å². The standard InChI is InChI=1S/C39H78O15/c1-3-4-5-6-7-8-9-10-11-12-13-42-14-15-43-16-17-44-18-19-45-20-21-46-22-23-47-24-25-48-26-27-49-28-29-50-30-31-51-32-33-52-34-35-53-36-37-54-38-39(40)41-2/h3-38H2,1-2H3. The number of ether oxygens (including phenoxy) is 14. The van der Waals surface area contributed by atoms with E-state index in [4.69, 9.17) is 61.6 Å². The van der Waals surface area contributed by atoms with Crippen LogP contribution in [0.2, 0.25) is 0 Å². The zero-order valence-electron chi connectivity index (χ0n) is 34.1. The molecule has 15 nitrogen and oxygen atoms in total. The predicted molar refractivity (Wildman–Crippen MR) is 205 cm³/mol. The minimum Gasteiger partial charge on any atom is -0.467 e. The molecule has 324 valence electrons. The molecule has 0 aliphatic rings. The fourth-order valence-corrected chi connectivity index (χ4v) is 4.54. The molecule has 0 bridgehead atoms. The molecule has 54 heavy (non-hydrogen) atoms.